The van der Waals surface area contributed by atoms with E-state index >= 15 is 0 Å². The van der Waals surface area contributed by atoms with Gasteiger partial charge in [0, 0.05) is 4.88 Å². The molecule has 1 aliphatic rings. The second kappa shape index (κ2) is 8.49. The summed E-state index contributed by atoms with van der Waals surface area (Å²) in [6.07, 6.45) is 1.51. The number of allylic oxidation sites excluding steroid dienone is 2. The molecular formula is C19H25NO5S. The summed E-state index contributed by atoms with van der Waals surface area (Å²) in [6, 6.07) is 1.73. The minimum absolute atomic E-state index is 0.247. The highest BCUT2D eigenvalue weighted by atomic mass is 32.1. The Hall–Kier alpha value is -2.15. The van der Waals surface area contributed by atoms with Crippen LogP contribution in [-0.2, 0) is 20.7 Å². The lowest BCUT2D eigenvalue weighted by Crippen LogP contribution is -2.36. The van der Waals surface area contributed by atoms with Gasteiger partial charge in [-0.1, -0.05) is 18.1 Å². The molecule has 0 fully saturated rings. The Kier molecular flexibility index (Phi) is 6.58. The van der Waals surface area contributed by atoms with Crippen molar-refractivity contribution in [3.8, 4) is 0 Å². The number of carboxylic acid groups (broad SMARTS) is 1. The van der Waals surface area contributed by atoms with Crippen LogP contribution >= 0.6 is 11.3 Å². The summed E-state index contributed by atoms with van der Waals surface area (Å²) >= 11 is 1.32. The van der Waals surface area contributed by atoms with Crippen molar-refractivity contribution in [1.29, 1.82) is 0 Å². The first-order valence-electron chi connectivity index (χ1n) is 8.77. The fraction of sp³-hybridized carbons (Fsp3) is 0.526. The average Bonchev–Trinajstić information content (AvgIpc) is 2.99. The molecule has 0 radical (unpaired) electrons. The smallest absolute Gasteiger partial charge is 0.341 e. The zero-order chi connectivity index (χ0) is 19.4. The zero-order valence-corrected chi connectivity index (χ0v) is 16.4. The Labute approximate surface area is 157 Å². The third-order valence-electron chi connectivity index (χ3n) is 4.78. The van der Waals surface area contributed by atoms with E-state index in [2.05, 4.69) is 5.32 Å². The van der Waals surface area contributed by atoms with Gasteiger partial charge >= 0.3 is 11.9 Å². The Morgan fingerprint density at radius 1 is 1.19 bits per heavy atom. The number of hydrogen-bond donors (Lipinski definition) is 2. The molecule has 1 aromatic rings. The number of thiophene rings is 1. The molecule has 1 heterocycles. The first-order valence-corrected chi connectivity index (χ1v) is 9.58. The topological polar surface area (TPSA) is 92.7 Å². The van der Waals surface area contributed by atoms with E-state index < -0.39 is 23.8 Å². The zero-order valence-electron chi connectivity index (χ0n) is 15.5. The lowest BCUT2D eigenvalue weighted by molar-refractivity contribution is -0.146. The number of anilines is 1. The lowest BCUT2D eigenvalue weighted by atomic mass is 9.76. The van der Waals surface area contributed by atoms with Crippen molar-refractivity contribution in [2.24, 2.45) is 11.8 Å². The van der Waals surface area contributed by atoms with Crippen molar-refractivity contribution in [1.82, 2.24) is 0 Å². The molecule has 142 valence electrons. The number of carbonyl (C=O) groups is 3. The van der Waals surface area contributed by atoms with Crippen molar-refractivity contribution in [3.05, 3.63) is 27.7 Å². The molecule has 1 amide bonds. The number of carbonyl (C=O) groups excluding carboxylic acids is 2. The van der Waals surface area contributed by atoms with Crippen LogP contribution in [0.5, 0.6) is 0 Å². The van der Waals surface area contributed by atoms with Crippen LogP contribution in [0.2, 0.25) is 0 Å². The van der Waals surface area contributed by atoms with Crippen molar-refractivity contribution >= 4 is 34.2 Å². The van der Waals surface area contributed by atoms with E-state index in [1.807, 2.05) is 20.8 Å². The summed E-state index contributed by atoms with van der Waals surface area (Å²) in [7, 11) is 0. The summed E-state index contributed by atoms with van der Waals surface area (Å²) in [5, 5.41) is 12.7. The van der Waals surface area contributed by atoms with Crippen molar-refractivity contribution < 1.29 is 24.2 Å². The number of nitrogens with one attached hydrogen (secondary N) is 1. The van der Waals surface area contributed by atoms with E-state index in [0.29, 0.717) is 23.4 Å². The number of esters is 1. The highest BCUT2D eigenvalue weighted by Gasteiger charge is 2.37. The molecule has 1 aliphatic carbocycles. The molecule has 0 aromatic carbocycles. The van der Waals surface area contributed by atoms with Gasteiger partial charge in [0.2, 0.25) is 5.91 Å². The Bertz CT molecular complexity index is 749. The van der Waals surface area contributed by atoms with E-state index in [1.54, 1.807) is 13.0 Å². The van der Waals surface area contributed by atoms with Crippen LogP contribution in [0.15, 0.2) is 17.2 Å². The Balaban J connectivity index is 2.27. The number of aryl methyl sites for hydroxylation is 1. The molecule has 7 heteroatoms. The van der Waals surface area contributed by atoms with Crippen LogP contribution in [0.3, 0.4) is 0 Å². The molecule has 0 aliphatic heterocycles. The van der Waals surface area contributed by atoms with E-state index in [4.69, 9.17) is 4.74 Å². The maximum absolute atomic E-state index is 12.8. The molecule has 0 saturated carbocycles. The van der Waals surface area contributed by atoms with E-state index in [1.165, 1.54) is 11.3 Å². The van der Waals surface area contributed by atoms with Crippen molar-refractivity contribution in [2.75, 3.05) is 11.9 Å². The number of carboxylic acids is 1. The average molecular weight is 379 g/mol. The third kappa shape index (κ3) is 4.33. The molecule has 6 nitrogen and oxygen atoms in total. The fourth-order valence-electron chi connectivity index (χ4n) is 3.10. The Morgan fingerprint density at radius 2 is 1.81 bits per heavy atom. The van der Waals surface area contributed by atoms with Crippen LogP contribution < -0.4 is 5.32 Å². The van der Waals surface area contributed by atoms with Gasteiger partial charge in [-0.05, 0) is 46.1 Å². The molecule has 2 unspecified atom stereocenters. The van der Waals surface area contributed by atoms with Gasteiger partial charge in [-0.15, -0.1) is 11.3 Å². The third-order valence-corrected chi connectivity index (χ3v) is 5.98. The number of amides is 1. The van der Waals surface area contributed by atoms with Gasteiger partial charge in [-0.25, -0.2) is 4.79 Å². The second-order valence-corrected chi connectivity index (χ2v) is 7.68. The first-order chi connectivity index (χ1) is 12.3. The molecule has 2 rings (SSSR count). The van der Waals surface area contributed by atoms with Gasteiger partial charge in [-0.2, -0.15) is 0 Å². The monoisotopic (exact) mass is 379 g/mol. The summed E-state index contributed by atoms with van der Waals surface area (Å²) in [6.45, 7) is 7.77. The van der Waals surface area contributed by atoms with E-state index in [-0.39, 0.29) is 12.5 Å². The molecule has 2 atom stereocenters. The van der Waals surface area contributed by atoms with Gasteiger partial charge in [0.05, 0.1) is 24.0 Å². The fourth-order valence-corrected chi connectivity index (χ4v) is 4.09. The molecule has 0 saturated heterocycles. The van der Waals surface area contributed by atoms with Gasteiger partial charge in [0.25, 0.3) is 0 Å². The quantitative estimate of drug-likeness (QED) is 0.578. The summed E-state index contributed by atoms with van der Waals surface area (Å²) in [5.74, 6) is -3.22. The van der Waals surface area contributed by atoms with Gasteiger partial charge in [0.15, 0.2) is 0 Å². The van der Waals surface area contributed by atoms with Crippen LogP contribution in [-0.4, -0.2) is 29.6 Å². The van der Waals surface area contributed by atoms with Crippen molar-refractivity contribution in [2.45, 2.75) is 47.0 Å². The molecule has 0 spiro atoms. The minimum Gasteiger partial charge on any atom is -0.481 e. The van der Waals surface area contributed by atoms with Crippen LogP contribution in [0.4, 0.5) is 5.00 Å². The van der Waals surface area contributed by atoms with Crippen LogP contribution in [0.1, 0.15) is 55.8 Å². The maximum Gasteiger partial charge on any atom is 0.341 e. The second-order valence-electron chi connectivity index (χ2n) is 6.54. The van der Waals surface area contributed by atoms with Gasteiger partial charge < -0.3 is 15.2 Å². The molecular weight excluding hydrogens is 354 g/mol. The largest absolute Gasteiger partial charge is 0.481 e. The number of ether oxygens (including phenoxy) is 1. The predicted octanol–water partition coefficient (Wildman–Crippen LogP) is 3.87. The number of aliphatic carboxylic acids is 1. The van der Waals surface area contributed by atoms with Crippen molar-refractivity contribution in [3.63, 3.8) is 0 Å². The predicted molar refractivity (Wildman–Crippen MR) is 101 cm³/mol. The van der Waals surface area contributed by atoms with E-state index in [9.17, 15) is 19.5 Å². The number of rotatable bonds is 6. The van der Waals surface area contributed by atoms with Gasteiger partial charge in [-0.3, -0.25) is 9.59 Å². The SMILES string of the molecule is CCOC(=O)c1cc(CC)sc1NC(=O)C1CC(C)=C(C)CC1C(=O)O. The summed E-state index contributed by atoms with van der Waals surface area (Å²) < 4.78 is 5.06. The standard InChI is InChI=1S/C19H25NO5S/c1-5-12-9-15(19(24)25-6-2)17(26-12)20-16(21)13-7-10(3)11(4)8-14(13)18(22)23/h9,13-14H,5-8H2,1-4H3,(H,20,21)(H,22,23). The van der Waals surface area contributed by atoms with E-state index in [0.717, 1.165) is 22.4 Å². The van der Waals surface area contributed by atoms with Crippen LogP contribution in [0.25, 0.3) is 0 Å². The number of hydrogen-bond acceptors (Lipinski definition) is 5. The summed E-state index contributed by atoms with van der Waals surface area (Å²) in [5.41, 5.74) is 2.40. The molecule has 1 aromatic heterocycles. The molecule has 2 N–H and O–H groups in total. The Morgan fingerprint density at radius 3 is 2.35 bits per heavy atom. The normalized spacial score (nSPS) is 20.0. The molecule has 0 bridgehead atoms. The first kappa shape index (κ1) is 20.2. The lowest BCUT2D eigenvalue weighted by Gasteiger charge is -2.29. The minimum atomic E-state index is -0.969. The van der Waals surface area contributed by atoms with Gasteiger partial charge in [0.1, 0.15) is 5.00 Å². The molecule has 26 heavy (non-hydrogen) atoms. The van der Waals surface area contributed by atoms with Crippen LogP contribution in [0, 0.1) is 11.8 Å². The summed E-state index contributed by atoms with van der Waals surface area (Å²) in [4.78, 5) is 37.5. The highest BCUT2D eigenvalue weighted by Crippen LogP contribution is 2.36. The highest BCUT2D eigenvalue weighted by molar-refractivity contribution is 7.16. The maximum atomic E-state index is 12.8.